The van der Waals surface area contributed by atoms with Gasteiger partial charge in [0, 0.05) is 13.0 Å². The number of rotatable bonds is 4. The molecule has 0 aliphatic heterocycles. The van der Waals surface area contributed by atoms with Gasteiger partial charge in [-0.3, -0.25) is 14.6 Å². The van der Waals surface area contributed by atoms with Crippen LogP contribution in [-0.4, -0.2) is 25.0 Å². The molecule has 0 amide bonds. The number of nitriles is 1. The highest BCUT2D eigenvalue weighted by Crippen LogP contribution is 2.37. The molecule has 2 aromatic heterocycles. The number of H-pyrrole nitrogens is 2. The maximum absolute atomic E-state index is 12.0. The van der Waals surface area contributed by atoms with Crippen molar-refractivity contribution in [1.29, 1.82) is 5.26 Å². The van der Waals surface area contributed by atoms with Crippen molar-refractivity contribution in [2.75, 3.05) is 0 Å². The second kappa shape index (κ2) is 7.90. The van der Waals surface area contributed by atoms with Gasteiger partial charge in [0.1, 0.15) is 6.07 Å². The van der Waals surface area contributed by atoms with E-state index in [0.29, 0.717) is 0 Å². The number of halogens is 2. The first-order chi connectivity index (χ1) is 14.0. The summed E-state index contributed by atoms with van der Waals surface area (Å²) in [5.41, 5.74) is -2.70. The Kier molecular flexibility index (Phi) is 5.16. The predicted octanol–water partition coefficient (Wildman–Crippen LogP) is 2.10. The lowest BCUT2D eigenvalue weighted by atomic mass is 10.1. The lowest BCUT2D eigenvalue weighted by Gasteiger charge is -2.12. The largest absolute Gasteiger partial charge is 0.434 e. The minimum atomic E-state index is -1.21. The lowest BCUT2D eigenvalue weighted by molar-refractivity contribution is 0.452. The summed E-state index contributed by atoms with van der Waals surface area (Å²) in [7, 11) is 0. The van der Waals surface area contributed by atoms with Gasteiger partial charge in [0.25, 0.3) is 11.1 Å². The average molecular weight is 436 g/mol. The fourth-order valence-electron chi connectivity index (χ4n) is 2.33. The van der Waals surface area contributed by atoms with Crippen LogP contribution >= 0.6 is 23.2 Å². The molecule has 0 radical (unpaired) electrons. The van der Waals surface area contributed by atoms with Crippen LogP contribution in [0.3, 0.4) is 0 Å². The van der Waals surface area contributed by atoms with E-state index in [4.69, 9.17) is 34.6 Å². The molecule has 1 aromatic carbocycles. The van der Waals surface area contributed by atoms with E-state index in [0.717, 1.165) is 4.68 Å². The molecule has 12 heteroatoms. The Bertz CT molecular complexity index is 1340. The van der Waals surface area contributed by atoms with E-state index >= 15 is 0 Å². The second-order valence-electron chi connectivity index (χ2n) is 5.92. The molecule has 148 valence electrons. The molecule has 0 bridgehead atoms. The highest BCUT2D eigenvalue weighted by atomic mass is 35.5. The van der Waals surface area contributed by atoms with E-state index < -0.39 is 28.4 Å². The van der Waals surface area contributed by atoms with Crippen molar-refractivity contribution < 1.29 is 6.11 Å². The van der Waals surface area contributed by atoms with E-state index in [2.05, 4.69) is 15.3 Å². The minimum absolute atomic E-state index is 0.0339. The molecular weight excluding hydrogens is 423 g/mol. The third-order valence-corrected chi connectivity index (χ3v) is 4.25. The molecule has 0 saturated carbocycles. The molecule has 10 nitrogen and oxygen atoms in total. The zero-order chi connectivity index (χ0) is 22.2. The number of ether oxygens (including phenoxy) is 1. The van der Waals surface area contributed by atoms with E-state index in [-0.39, 0.29) is 32.9 Å². The molecule has 0 saturated heterocycles. The van der Waals surface area contributed by atoms with Crippen LogP contribution in [0.25, 0.3) is 5.69 Å². The van der Waals surface area contributed by atoms with Crippen molar-refractivity contribution in [2.24, 2.45) is 0 Å². The van der Waals surface area contributed by atoms with Crippen LogP contribution in [0.4, 0.5) is 0 Å². The number of aromatic amines is 2. The summed E-state index contributed by atoms with van der Waals surface area (Å²) in [5, 5.41) is 18.5. The van der Waals surface area contributed by atoms with Crippen molar-refractivity contribution in [3.63, 3.8) is 0 Å². The van der Waals surface area contributed by atoms with Gasteiger partial charge in [-0.25, -0.2) is 9.89 Å². The quantitative estimate of drug-likeness (QED) is 0.637. The van der Waals surface area contributed by atoms with Gasteiger partial charge in [-0.15, -0.1) is 10.2 Å². The second-order valence-corrected chi connectivity index (χ2v) is 6.74. The van der Waals surface area contributed by atoms with Gasteiger partial charge in [-0.05, 0) is 18.0 Å². The van der Waals surface area contributed by atoms with Crippen molar-refractivity contribution in [3.8, 4) is 23.4 Å². The van der Waals surface area contributed by atoms with E-state index in [1.807, 2.05) is 4.98 Å². The van der Waals surface area contributed by atoms with Gasteiger partial charge in [0.2, 0.25) is 11.6 Å². The van der Waals surface area contributed by atoms with Gasteiger partial charge in [-0.2, -0.15) is 9.94 Å². The van der Waals surface area contributed by atoms with Gasteiger partial charge in [0.05, 0.1) is 15.7 Å². The maximum Gasteiger partial charge on any atom is 0.349 e. The van der Waals surface area contributed by atoms with Crippen LogP contribution < -0.4 is 21.5 Å². The normalized spacial score (nSPS) is 11.6. The Morgan fingerprint density at radius 2 is 1.86 bits per heavy atom. The predicted molar refractivity (Wildman–Crippen MR) is 104 cm³/mol. The summed E-state index contributed by atoms with van der Waals surface area (Å²) in [4.78, 5) is 37.4. The summed E-state index contributed by atoms with van der Waals surface area (Å²) in [5.74, 6) is -1.30. The van der Waals surface area contributed by atoms with Crippen LogP contribution in [0.15, 0.2) is 32.6 Å². The molecule has 0 aliphatic rings. The number of hydrogen-bond donors (Lipinski definition) is 2. The molecule has 0 atom stereocenters. The molecule has 0 unspecified atom stereocenters. The first-order valence-corrected chi connectivity index (χ1v) is 8.68. The van der Waals surface area contributed by atoms with E-state index in [9.17, 15) is 14.4 Å². The first-order valence-electron chi connectivity index (χ1n) is 8.42. The summed E-state index contributed by atoms with van der Waals surface area (Å²) in [6.45, 7) is 3.06. The van der Waals surface area contributed by atoms with Crippen molar-refractivity contribution in [3.05, 3.63) is 70.7 Å². The third kappa shape index (κ3) is 4.06. The number of benzene rings is 1. The van der Waals surface area contributed by atoms with Gasteiger partial charge in [0.15, 0.2) is 5.75 Å². The zero-order valence-corrected chi connectivity index (χ0v) is 16.4. The third-order valence-electron chi connectivity index (χ3n) is 3.69. The molecular formula is C17H12Cl2N6O4. The average Bonchev–Trinajstić information content (AvgIpc) is 2.65. The van der Waals surface area contributed by atoms with E-state index in [1.54, 1.807) is 6.07 Å². The highest BCUT2D eigenvalue weighted by molar-refractivity contribution is 6.37. The van der Waals surface area contributed by atoms with Crippen molar-refractivity contribution >= 4 is 23.2 Å². The Balaban J connectivity index is 2.06. The standard InChI is InChI=1S/C17H12Cl2N6O4/c1-7(2)9-5-13(22-23-15(9)26)29-14-10(18)3-8(4-11(14)19)25-17(28)21-16(27)12(6-20)24-25/h3-5,7H,1-2H3,(H,23,26)(H,21,27,28)/i7D. The van der Waals surface area contributed by atoms with E-state index in [1.165, 1.54) is 32.0 Å². The summed E-state index contributed by atoms with van der Waals surface area (Å²) in [6, 6.07) is 5.41. The fourth-order valence-corrected chi connectivity index (χ4v) is 2.88. The van der Waals surface area contributed by atoms with Crippen molar-refractivity contribution in [1.82, 2.24) is 25.0 Å². The number of nitrogens with one attached hydrogen (secondary N) is 2. The van der Waals surface area contributed by atoms with Crippen LogP contribution in [0.2, 0.25) is 10.0 Å². The Morgan fingerprint density at radius 1 is 1.21 bits per heavy atom. The molecule has 2 N–H and O–H groups in total. The molecule has 0 aliphatic carbocycles. The van der Waals surface area contributed by atoms with Crippen molar-refractivity contribution in [2.45, 2.75) is 19.7 Å². The number of aromatic nitrogens is 5. The monoisotopic (exact) mass is 435 g/mol. The Morgan fingerprint density at radius 3 is 2.45 bits per heavy atom. The Hall–Kier alpha value is -3.42. The fraction of sp³-hybridized carbons (Fsp3) is 0.176. The Labute approximate surface area is 173 Å². The smallest absolute Gasteiger partial charge is 0.349 e. The summed E-state index contributed by atoms with van der Waals surface area (Å²) < 4.78 is 14.3. The first kappa shape index (κ1) is 18.9. The zero-order valence-electron chi connectivity index (χ0n) is 15.9. The van der Waals surface area contributed by atoms with Gasteiger partial charge in [-0.1, -0.05) is 37.0 Å². The van der Waals surface area contributed by atoms with Crippen LogP contribution in [0.1, 0.15) is 32.4 Å². The molecule has 3 aromatic rings. The topological polar surface area (TPSA) is 147 Å². The molecule has 0 spiro atoms. The van der Waals surface area contributed by atoms with Crippen LogP contribution in [0, 0.1) is 11.3 Å². The van der Waals surface area contributed by atoms with Gasteiger partial charge >= 0.3 is 5.69 Å². The van der Waals surface area contributed by atoms with Crippen LogP contribution in [-0.2, 0) is 0 Å². The molecule has 29 heavy (non-hydrogen) atoms. The minimum Gasteiger partial charge on any atom is -0.434 e. The lowest BCUT2D eigenvalue weighted by Crippen LogP contribution is -2.33. The van der Waals surface area contributed by atoms with Crippen LogP contribution in [0.5, 0.6) is 11.6 Å². The maximum atomic E-state index is 12.0. The number of nitrogens with zero attached hydrogens (tertiary/aromatic N) is 4. The molecule has 0 fully saturated rings. The summed E-state index contributed by atoms with van der Waals surface area (Å²) in [6.07, 6.45) is 0. The molecule has 2 heterocycles. The SMILES string of the molecule is [2H]C(C)(C)c1cc(Oc2c(Cl)cc(-n3nc(C#N)c(=O)[nH]c3=O)cc2Cl)n[nH]c1=O. The number of hydrogen-bond acceptors (Lipinski definition) is 7. The van der Waals surface area contributed by atoms with Gasteiger partial charge < -0.3 is 4.74 Å². The highest BCUT2D eigenvalue weighted by Gasteiger charge is 2.16. The summed E-state index contributed by atoms with van der Waals surface area (Å²) >= 11 is 12.5. The molecule has 3 rings (SSSR count).